The average Bonchev–Trinajstić information content (AvgIpc) is 2.68. The van der Waals surface area contributed by atoms with Crippen LogP contribution in [0, 0.1) is 0 Å². The standard InChI is InChI=1S/C19H21F3N2O5S/c1-28-16-8-3-4-9-17(16)29-11-10-23-18(25)13-24(30(2,26)27)15-7-5-6-14(12-15)19(20,21)22/h3-9,12H,10-11,13H2,1-2H3,(H,23,25). The lowest BCUT2D eigenvalue weighted by Crippen LogP contribution is -2.41. The molecule has 0 fully saturated rings. The fourth-order valence-electron chi connectivity index (χ4n) is 2.51. The number of ether oxygens (including phenoxy) is 2. The molecule has 0 aliphatic heterocycles. The van der Waals surface area contributed by atoms with Crippen molar-refractivity contribution in [3.05, 3.63) is 54.1 Å². The van der Waals surface area contributed by atoms with E-state index >= 15 is 0 Å². The Kier molecular flexibility index (Phi) is 7.54. The second-order valence-electron chi connectivity index (χ2n) is 6.17. The maximum absolute atomic E-state index is 12.9. The Labute approximate surface area is 172 Å². The first-order valence-corrected chi connectivity index (χ1v) is 10.5. The summed E-state index contributed by atoms with van der Waals surface area (Å²) < 4.78 is 74.1. The van der Waals surface area contributed by atoms with E-state index in [-0.39, 0.29) is 18.8 Å². The van der Waals surface area contributed by atoms with E-state index < -0.39 is 34.2 Å². The quantitative estimate of drug-likeness (QED) is 0.599. The van der Waals surface area contributed by atoms with Crippen molar-refractivity contribution in [3.63, 3.8) is 0 Å². The molecule has 1 N–H and O–H groups in total. The number of amides is 1. The van der Waals surface area contributed by atoms with Crippen molar-refractivity contribution in [2.75, 3.05) is 37.4 Å². The van der Waals surface area contributed by atoms with Crippen LogP contribution in [-0.4, -0.2) is 47.4 Å². The molecular formula is C19H21F3N2O5S. The van der Waals surface area contributed by atoms with Crippen LogP contribution in [0.2, 0.25) is 0 Å². The van der Waals surface area contributed by atoms with Gasteiger partial charge < -0.3 is 14.8 Å². The minimum absolute atomic E-state index is 0.0527. The number of benzene rings is 2. The van der Waals surface area contributed by atoms with E-state index in [0.29, 0.717) is 21.9 Å². The number of para-hydroxylation sites is 2. The summed E-state index contributed by atoms with van der Waals surface area (Å²) in [5.74, 6) is 0.286. The lowest BCUT2D eigenvalue weighted by Gasteiger charge is -2.22. The Morgan fingerprint density at radius 1 is 1.10 bits per heavy atom. The molecule has 0 radical (unpaired) electrons. The lowest BCUT2D eigenvalue weighted by atomic mass is 10.2. The summed E-state index contributed by atoms with van der Waals surface area (Å²) in [5.41, 5.74) is -1.27. The summed E-state index contributed by atoms with van der Waals surface area (Å²) in [6.45, 7) is -0.541. The van der Waals surface area contributed by atoms with Crippen LogP contribution >= 0.6 is 0 Å². The SMILES string of the molecule is COc1ccccc1OCCNC(=O)CN(c1cccc(C(F)(F)F)c1)S(C)(=O)=O. The number of nitrogens with zero attached hydrogens (tertiary/aromatic N) is 1. The van der Waals surface area contributed by atoms with Gasteiger partial charge in [0.1, 0.15) is 13.2 Å². The molecule has 7 nitrogen and oxygen atoms in total. The van der Waals surface area contributed by atoms with E-state index in [2.05, 4.69) is 5.32 Å². The number of sulfonamides is 1. The molecule has 0 saturated heterocycles. The first kappa shape index (κ1) is 23.3. The molecule has 0 aromatic heterocycles. The minimum Gasteiger partial charge on any atom is -0.493 e. The molecule has 0 aliphatic carbocycles. The highest BCUT2D eigenvalue weighted by molar-refractivity contribution is 7.92. The number of anilines is 1. The molecule has 0 saturated carbocycles. The van der Waals surface area contributed by atoms with Gasteiger partial charge in [-0.1, -0.05) is 18.2 Å². The van der Waals surface area contributed by atoms with Crippen LogP contribution in [0.4, 0.5) is 18.9 Å². The van der Waals surface area contributed by atoms with E-state index in [4.69, 9.17) is 9.47 Å². The topological polar surface area (TPSA) is 84.9 Å². The molecule has 0 unspecified atom stereocenters. The van der Waals surface area contributed by atoms with Crippen LogP contribution in [0.15, 0.2) is 48.5 Å². The minimum atomic E-state index is -4.64. The molecule has 2 aromatic rings. The largest absolute Gasteiger partial charge is 0.493 e. The molecule has 0 aliphatic rings. The van der Waals surface area contributed by atoms with Crippen molar-refractivity contribution < 1.29 is 35.9 Å². The smallest absolute Gasteiger partial charge is 0.416 e. The number of carbonyl (C=O) groups is 1. The zero-order chi connectivity index (χ0) is 22.4. The number of halogens is 3. The molecule has 0 bridgehead atoms. The Hall–Kier alpha value is -2.95. The highest BCUT2D eigenvalue weighted by Gasteiger charge is 2.32. The third kappa shape index (κ3) is 6.55. The Balaban J connectivity index is 2.00. The summed E-state index contributed by atoms with van der Waals surface area (Å²) in [5, 5.41) is 2.47. The molecule has 0 spiro atoms. The Morgan fingerprint density at radius 2 is 1.77 bits per heavy atom. The van der Waals surface area contributed by atoms with Gasteiger partial charge in [-0.15, -0.1) is 0 Å². The van der Waals surface area contributed by atoms with E-state index in [1.807, 2.05) is 0 Å². The molecular weight excluding hydrogens is 425 g/mol. The van der Waals surface area contributed by atoms with Gasteiger partial charge in [0, 0.05) is 0 Å². The van der Waals surface area contributed by atoms with E-state index in [9.17, 15) is 26.4 Å². The number of nitrogens with one attached hydrogen (secondary N) is 1. The summed E-state index contributed by atoms with van der Waals surface area (Å²) in [6.07, 6.45) is -3.83. The van der Waals surface area contributed by atoms with Crippen LogP contribution in [-0.2, 0) is 21.0 Å². The maximum atomic E-state index is 12.9. The second kappa shape index (κ2) is 9.70. The third-order valence-electron chi connectivity index (χ3n) is 3.90. The van der Waals surface area contributed by atoms with Crippen molar-refractivity contribution in [2.24, 2.45) is 0 Å². The van der Waals surface area contributed by atoms with Crippen molar-refractivity contribution in [1.82, 2.24) is 5.32 Å². The maximum Gasteiger partial charge on any atom is 0.416 e. The van der Waals surface area contributed by atoms with Gasteiger partial charge in [0.25, 0.3) is 0 Å². The summed E-state index contributed by atoms with van der Waals surface area (Å²) >= 11 is 0. The predicted molar refractivity (Wildman–Crippen MR) is 105 cm³/mol. The van der Waals surface area contributed by atoms with E-state index in [1.165, 1.54) is 13.2 Å². The Morgan fingerprint density at radius 3 is 2.37 bits per heavy atom. The molecule has 0 atom stereocenters. The highest BCUT2D eigenvalue weighted by Crippen LogP contribution is 2.32. The van der Waals surface area contributed by atoms with Crippen LogP contribution in [0.25, 0.3) is 0 Å². The van der Waals surface area contributed by atoms with Crippen molar-refractivity contribution in [2.45, 2.75) is 6.18 Å². The van der Waals surface area contributed by atoms with E-state index in [0.717, 1.165) is 18.4 Å². The van der Waals surface area contributed by atoms with Gasteiger partial charge in [-0.25, -0.2) is 8.42 Å². The molecule has 11 heteroatoms. The summed E-state index contributed by atoms with van der Waals surface area (Å²) in [6, 6.07) is 10.7. The van der Waals surface area contributed by atoms with Crippen LogP contribution in [0.3, 0.4) is 0 Å². The molecule has 2 rings (SSSR count). The average molecular weight is 446 g/mol. The molecule has 164 valence electrons. The van der Waals surface area contributed by atoms with Crippen molar-refractivity contribution in [3.8, 4) is 11.5 Å². The highest BCUT2D eigenvalue weighted by atomic mass is 32.2. The fourth-order valence-corrected chi connectivity index (χ4v) is 3.36. The number of hydrogen-bond acceptors (Lipinski definition) is 5. The molecule has 1 amide bonds. The number of rotatable bonds is 9. The van der Waals surface area contributed by atoms with Crippen molar-refractivity contribution >= 4 is 21.6 Å². The van der Waals surface area contributed by atoms with Gasteiger partial charge in [0.2, 0.25) is 15.9 Å². The number of carbonyl (C=O) groups excluding carboxylic acids is 1. The van der Waals surface area contributed by atoms with Crippen molar-refractivity contribution in [1.29, 1.82) is 0 Å². The molecule has 30 heavy (non-hydrogen) atoms. The normalized spacial score (nSPS) is 11.6. The first-order chi connectivity index (χ1) is 14.0. The van der Waals surface area contributed by atoms with E-state index in [1.54, 1.807) is 24.3 Å². The Bertz CT molecular complexity index is 980. The van der Waals surface area contributed by atoms with Gasteiger partial charge in [0.05, 0.1) is 31.2 Å². The fraction of sp³-hybridized carbons (Fsp3) is 0.316. The monoisotopic (exact) mass is 446 g/mol. The van der Waals surface area contributed by atoms with Gasteiger partial charge in [-0.05, 0) is 30.3 Å². The van der Waals surface area contributed by atoms with Gasteiger partial charge in [0.15, 0.2) is 11.5 Å². The summed E-state index contributed by atoms with van der Waals surface area (Å²) in [4.78, 5) is 12.2. The third-order valence-corrected chi connectivity index (χ3v) is 5.04. The zero-order valence-corrected chi connectivity index (χ0v) is 17.1. The van der Waals surface area contributed by atoms with Gasteiger partial charge in [-0.3, -0.25) is 9.10 Å². The van der Waals surface area contributed by atoms with Crippen LogP contribution < -0.4 is 19.1 Å². The second-order valence-corrected chi connectivity index (χ2v) is 8.07. The van der Waals surface area contributed by atoms with Gasteiger partial charge >= 0.3 is 6.18 Å². The predicted octanol–water partition coefficient (Wildman–Crippen LogP) is 2.68. The van der Waals surface area contributed by atoms with Gasteiger partial charge in [-0.2, -0.15) is 13.2 Å². The molecule has 0 heterocycles. The summed E-state index contributed by atoms with van der Waals surface area (Å²) in [7, 11) is -2.52. The first-order valence-electron chi connectivity index (χ1n) is 8.70. The number of alkyl halides is 3. The molecule has 2 aromatic carbocycles. The number of methoxy groups -OCH3 is 1. The van der Waals surface area contributed by atoms with Crippen LogP contribution in [0.1, 0.15) is 5.56 Å². The zero-order valence-electron chi connectivity index (χ0n) is 16.3. The van der Waals surface area contributed by atoms with Crippen LogP contribution in [0.5, 0.6) is 11.5 Å². The number of hydrogen-bond donors (Lipinski definition) is 1. The lowest BCUT2D eigenvalue weighted by molar-refractivity contribution is -0.137.